The Morgan fingerprint density at radius 3 is 0.579 bits per heavy atom. The minimum Gasteiger partial charge on any atom is -0.328 e. The van der Waals surface area contributed by atoms with E-state index in [2.05, 4.69) is 19.3 Å². The van der Waals surface area contributed by atoms with Gasteiger partial charge in [-0.1, -0.05) is 57.8 Å². The minimum absolute atomic E-state index is 0. The summed E-state index contributed by atoms with van der Waals surface area (Å²) in [4.78, 5) is 0. The molecule has 3 aliphatic carbocycles. The predicted molar refractivity (Wildman–Crippen MR) is 82.2 cm³/mol. The summed E-state index contributed by atoms with van der Waals surface area (Å²) in [5.41, 5.74) is 0. The molecule has 0 aromatic carbocycles. The van der Waals surface area contributed by atoms with Crippen LogP contribution in [-0.4, -0.2) is 0 Å². The molecule has 0 bridgehead atoms. The molecule has 19 heavy (non-hydrogen) atoms. The van der Waals surface area contributed by atoms with Crippen molar-refractivity contribution in [2.24, 2.45) is 0 Å². The van der Waals surface area contributed by atoms with E-state index in [1.54, 1.807) is 0 Å². The Morgan fingerprint density at radius 2 is 0.526 bits per heavy atom. The van der Waals surface area contributed by atoms with Gasteiger partial charge in [0.25, 0.3) is 0 Å². The molecular weight excluding hydrogens is 323 g/mol. The maximum atomic E-state index is 2.39. The van der Waals surface area contributed by atoms with Crippen molar-refractivity contribution in [3.8, 4) is 0 Å². The van der Waals surface area contributed by atoms with Crippen molar-refractivity contribution in [3.05, 3.63) is 19.3 Å². The van der Waals surface area contributed by atoms with Crippen LogP contribution in [0, 0.1) is 19.3 Å². The van der Waals surface area contributed by atoms with E-state index in [0.29, 0.717) is 0 Å². The van der Waals surface area contributed by atoms with Crippen LogP contribution in [0.3, 0.4) is 0 Å². The molecule has 0 N–H and O–H groups in total. The van der Waals surface area contributed by atoms with E-state index >= 15 is 0 Å². The first-order valence-corrected chi connectivity index (χ1v) is 8.45. The molecule has 0 saturated heterocycles. The summed E-state index contributed by atoms with van der Waals surface area (Å²) >= 11 is 0. The summed E-state index contributed by atoms with van der Waals surface area (Å²) in [5.74, 6) is 0. The molecule has 0 spiro atoms. The molecule has 0 aliphatic heterocycles. The molecule has 0 nitrogen and oxygen atoms in total. The average Bonchev–Trinajstić information content (AvgIpc) is 2.54. The molecule has 3 rings (SSSR count). The maximum Gasteiger partial charge on any atom is 0 e. The fraction of sp³-hybridized carbons (Fsp3) is 0.833. The van der Waals surface area contributed by atoms with Gasteiger partial charge in [0.2, 0.25) is 0 Å². The summed E-state index contributed by atoms with van der Waals surface area (Å²) in [5, 5.41) is 0. The summed E-state index contributed by atoms with van der Waals surface area (Å²) < 4.78 is 0. The molecule has 0 amide bonds. The van der Waals surface area contributed by atoms with Crippen LogP contribution in [0.25, 0.3) is 0 Å². The van der Waals surface area contributed by atoms with E-state index in [1.807, 2.05) is 0 Å². The molecule has 3 aliphatic rings. The molecule has 1 heteroatoms. The third kappa shape index (κ3) is 14.9. The van der Waals surface area contributed by atoms with Gasteiger partial charge >= 0.3 is 0 Å². The van der Waals surface area contributed by atoms with Crippen molar-refractivity contribution < 1.29 is 20.4 Å². The second-order valence-electron chi connectivity index (χ2n) is 5.78. The summed E-state index contributed by atoms with van der Waals surface area (Å²) in [7, 11) is 0. The van der Waals surface area contributed by atoms with E-state index in [-0.39, 0.29) is 20.4 Å². The fourth-order valence-corrected chi connectivity index (χ4v) is 2.70. The zero-order valence-corrected chi connectivity index (χ0v) is 14.2. The topological polar surface area (TPSA) is 0 Å². The van der Waals surface area contributed by atoms with Gasteiger partial charge in [-0.3, -0.25) is 0 Å². The van der Waals surface area contributed by atoms with Crippen molar-refractivity contribution >= 4 is 0 Å². The number of hydrogen-bond donors (Lipinski definition) is 0. The largest absolute Gasteiger partial charge is 0.328 e. The van der Waals surface area contributed by atoms with Gasteiger partial charge in [-0.25, -0.2) is 0 Å². The van der Waals surface area contributed by atoms with Gasteiger partial charge in [0.1, 0.15) is 0 Å². The Kier molecular flexibility index (Phi) is 17.3. The second-order valence-corrected chi connectivity index (χ2v) is 5.78. The zero-order valence-electron chi connectivity index (χ0n) is 12.7. The van der Waals surface area contributed by atoms with Crippen molar-refractivity contribution in [1.82, 2.24) is 0 Å². The van der Waals surface area contributed by atoms with E-state index in [9.17, 15) is 0 Å². The Balaban J connectivity index is 0.000000249. The van der Waals surface area contributed by atoms with Crippen molar-refractivity contribution in [3.63, 3.8) is 0 Å². The van der Waals surface area contributed by atoms with Gasteiger partial charge in [0.05, 0.1) is 0 Å². The van der Waals surface area contributed by atoms with Gasteiger partial charge < -0.3 is 19.3 Å². The van der Waals surface area contributed by atoms with Crippen LogP contribution in [0.5, 0.6) is 0 Å². The van der Waals surface area contributed by atoms with Gasteiger partial charge in [0, 0.05) is 20.4 Å². The quantitative estimate of drug-likeness (QED) is 0.345. The minimum atomic E-state index is 0. The first-order valence-electron chi connectivity index (χ1n) is 8.45. The molecule has 0 radical (unpaired) electrons. The van der Waals surface area contributed by atoms with Crippen LogP contribution >= 0.6 is 0 Å². The average molecular weight is 356 g/mol. The van der Waals surface area contributed by atoms with E-state index in [0.717, 1.165) is 0 Å². The maximum absolute atomic E-state index is 2.39. The number of rotatable bonds is 0. The first-order chi connectivity index (χ1) is 9.00. The van der Waals surface area contributed by atoms with Crippen LogP contribution in [0.1, 0.15) is 96.3 Å². The van der Waals surface area contributed by atoms with Crippen molar-refractivity contribution in [2.45, 2.75) is 96.3 Å². The van der Waals surface area contributed by atoms with Crippen LogP contribution < -0.4 is 0 Å². The normalized spacial score (nSPS) is 22.7. The van der Waals surface area contributed by atoms with E-state index < -0.39 is 0 Å². The van der Waals surface area contributed by atoms with Crippen molar-refractivity contribution in [2.75, 3.05) is 0 Å². The van der Waals surface area contributed by atoms with Crippen LogP contribution in [-0.2, 0) is 20.4 Å². The third-order valence-corrected chi connectivity index (χ3v) is 3.95. The second kappa shape index (κ2) is 16.7. The van der Waals surface area contributed by atoms with E-state index in [4.69, 9.17) is 0 Å². The smallest absolute Gasteiger partial charge is 0 e. The van der Waals surface area contributed by atoms with Crippen LogP contribution in [0.4, 0.5) is 0 Å². The summed E-state index contributed by atoms with van der Waals surface area (Å²) in [6.07, 6.45) is 28.5. The van der Waals surface area contributed by atoms with Crippen LogP contribution in [0.15, 0.2) is 0 Å². The monoisotopic (exact) mass is 355 g/mol. The molecule has 118 valence electrons. The molecular formula is C18H33Pd-3. The van der Waals surface area contributed by atoms with Crippen LogP contribution in [0.2, 0.25) is 0 Å². The summed E-state index contributed by atoms with van der Waals surface area (Å²) in [6, 6.07) is 0. The molecule has 0 atom stereocenters. The summed E-state index contributed by atoms with van der Waals surface area (Å²) in [6.45, 7) is 0. The van der Waals surface area contributed by atoms with E-state index in [1.165, 1.54) is 96.3 Å². The molecule has 0 aromatic rings. The molecule has 0 unspecified atom stereocenters. The fourth-order valence-electron chi connectivity index (χ4n) is 2.70. The Bertz CT molecular complexity index is 80.7. The molecule has 3 saturated carbocycles. The predicted octanol–water partition coefficient (Wildman–Crippen LogP) is 6.46. The first kappa shape index (κ1) is 19.7. The van der Waals surface area contributed by atoms with Gasteiger partial charge in [-0.15, -0.1) is 0 Å². The van der Waals surface area contributed by atoms with Gasteiger partial charge in [-0.2, -0.15) is 38.5 Å². The molecule has 3 fully saturated rings. The Morgan fingerprint density at radius 1 is 0.316 bits per heavy atom. The standard InChI is InChI=1S/3C6H11.Pd/c3*1-2-4-6-5-3-1;/h3*1H,2-6H2;/q3*-1;. The third-order valence-electron chi connectivity index (χ3n) is 3.95. The molecule has 0 heterocycles. The zero-order chi connectivity index (χ0) is 12.7. The van der Waals surface area contributed by atoms with Crippen molar-refractivity contribution in [1.29, 1.82) is 0 Å². The molecule has 0 aromatic heterocycles. The van der Waals surface area contributed by atoms with Gasteiger partial charge in [0.15, 0.2) is 0 Å². The number of hydrogen-bond acceptors (Lipinski definition) is 0. The SMILES string of the molecule is [CH-]1CCCCC1.[CH-]1CCCCC1.[CH-]1CCCCC1.[Pd]. The Labute approximate surface area is 136 Å². The van der Waals surface area contributed by atoms with Gasteiger partial charge in [-0.05, 0) is 0 Å². The Hall–Kier alpha value is 0.662.